The maximum Gasteiger partial charge on any atom is 0.272 e. The summed E-state index contributed by atoms with van der Waals surface area (Å²) in [5.41, 5.74) is 3.76. The Bertz CT molecular complexity index is 1780. The predicted molar refractivity (Wildman–Crippen MR) is 182 cm³/mol. The Balaban J connectivity index is 1.28. The zero-order valence-electron chi connectivity index (χ0n) is 24.1. The SMILES string of the molecule is CCC(Sc1cccc(NC(=O)/C(=C\c2cccc(C)c2)NC(=O)c2ccccc2)c1)C(=O)Nc1nc(-c2cccs2)cs1. The highest BCUT2D eigenvalue weighted by molar-refractivity contribution is 8.00. The summed E-state index contributed by atoms with van der Waals surface area (Å²) in [6.07, 6.45) is 2.26. The van der Waals surface area contributed by atoms with Crippen molar-refractivity contribution in [2.45, 2.75) is 30.4 Å². The lowest BCUT2D eigenvalue weighted by molar-refractivity contribution is -0.116. The van der Waals surface area contributed by atoms with E-state index in [-0.39, 0.29) is 22.8 Å². The van der Waals surface area contributed by atoms with Crippen LogP contribution in [-0.2, 0) is 9.59 Å². The fourth-order valence-corrected chi connectivity index (χ4v) is 6.74. The second-order valence-corrected chi connectivity index (χ2v) is 12.9. The molecule has 0 aliphatic rings. The highest BCUT2D eigenvalue weighted by atomic mass is 32.2. The molecule has 1 atom stereocenters. The number of hydrogen-bond donors (Lipinski definition) is 3. The summed E-state index contributed by atoms with van der Waals surface area (Å²) in [5, 5.41) is 12.8. The molecule has 1 unspecified atom stereocenters. The molecular weight excluding hydrogens is 609 g/mol. The number of nitrogens with zero attached hydrogens (tertiary/aromatic N) is 1. The van der Waals surface area contributed by atoms with E-state index in [9.17, 15) is 14.4 Å². The van der Waals surface area contributed by atoms with Gasteiger partial charge in [-0.1, -0.05) is 67.1 Å². The van der Waals surface area contributed by atoms with Gasteiger partial charge in [0.1, 0.15) is 5.70 Å². The Morgan fingerprint density at radius 3 is 2.48 bits per heavy atom. The summed E-state index contributed by atoms with van der Waals surface area (Å²) in [7, 11) is 0. The Kier molecular flexibility index (Phi) is 10.4. The molecule has 3 aromatic carbocycles. The topological polar surface area (TPSA) is 100 Å². The molecule has 2 aromatic heterocycles. The van der Waals surface area contributed by atoms with E-state index in [0.29, 0.717) is 22.8 Å². The lowest BCUT2D eigenvalue weighted by Gasteiger charge is -2.15. The van der Waals surface area contributed by atoms with Crippen molar-refractivity contribution < 1.29 is 14.4 Å². The minimum atomic E-state index is -0.465. The zero-order valence-corrected chi connectivity index (χ0v) is 26.5. The highest BCUT2D eigenvalue weighted by Gasteiger charge is 2.21. The van der Waals surface area contributed by atoms with Crippen LogP contribution in [0.25, 0.3) is 16.6 Å². The van der Waals surface area contributed by atoms with Crippen LogP contribution in [0.5, 0.6) is 0 Å². The van der Waals surface area contributed by atoms with E-state index in [0.717, 1.165) is 26.6 Å². The Labute approximate surface area is 268 Å². The number of aromatic nitrogens is 1. The molecule has 44 heavy (non-hydrogen) atoms. The molecular formula is C34H30N4O3S3. The number of aryl methyl sites for hydroxylation is 1. The van der Waals surface area contributed by atoms with Crippen LogP contribution in [0.3, 0.4) is 0 Å². The van der Waals surface area contributed by atoms with Crippen molar-refractivity contribution in [1.29, 1.82) is 0 Å². The molecule has 222 valence electrons. The van der Waals surface area contributed by atoms with Crippen LogP contribution in [0.2, 0.25) is 0 Å². The maximum absolute atomic E-state index is 13.5. The predicted octanol–water partition coefficient (Wildman–Crippen LogP) is 8.10. The fourth-order valence-electron chi connectivity index (χ4n) is 4.26. The second kappa shape index (κ2) is 14.8. The van der Waals surface area contributed by atoms with Crippen molar-refractivity contribution in [3.8, 4) is 10.6 Å². The quantitative estimate of drug-likeness (QED) is 0.100. The Morgan fingerprint density at radius 2 is 1.73 bits per heavy atom. The first-order valence-corrected chi connectivity index (χ1v) is 16.5. The number of benzene rings is 3. The molecule has 0 fully saturated rings. The van der Waals surface area contributed by atoms with Crippen molar-refractivity contribution in [2.75, 3.05) is 10.6 Å². The third-order valence-electron chi connectivity index (χ3n) is 6.42. The highest BCUT2D eigenvalue weighted by Crippen LogP contribution is 2.31. The lowest BCUT2D eigenvalue weighted by atomic mass is 10.1. The number of nitrogens with one attached hydrogen (secondary N) is 3. The van der Waals surface area contributed by atoms with E-state index in [1.54, 1.807) is 47.7 Å². The molecule has 0 saturated carbocycles. The largest absolute Gasteiger partial charge is 0.321 e. The second-order valence-electron chi connectivity index (χ2n) is 9.79. The number of rotatable bonds is 11. The number of anilines is 2. The van der Waals surface area contributed by atoms with Gasteiger partial charge in [-0.2, -0.15) is 0 Å². The van der Waals surface area contributed by atoms with Gasteiger partial charge in [0, 0.05) is 21.5 Å². The first kappa shape index (κ1) is 30.9. The van der Waals surface area contributed by atoms with Gasteiger partial charge in [-0.3, -0.25) is 14.4 Å². The smallest absolute Gasteiger partial charge is 0.272 e. The summed E-state index contributed by atoms with van der Waals surface area (Å²) in [6.45, 7) is 3.92. The van der Waals surface area contributed by atoms with Crippen LogP contribution in [-0.4, -0.2) is 28.0 Å². The van der Waals surface area contributed by atoms with Gasteiger partial charge in [0.05, 0.1) is 15.8 Å². The number of hydrogen-bond acceptors (Lipinski definition) is 7. The van der Waals surface area contributed by atoms with Crippen LogP contribution in [0.1, 0.15) is 34.8 Å². The number of thiophene rings is 1. The van der Waals surface area contributed by atoms with Gasteiger partial charge in [-0.25, -0.2) is 4.98 Å². The van der Waals surface area contributed by atoms with E-state index in [1.165, 1.54) is 23.1 Å². The molecule has 0 aliphatic carbocycles. The minimum Gasteiger partial charge on any atom is -0.321 e. The van der Waals surface area contributed by atoms with Crippen LogP contribution >= 0.6 is 34.4 Å². The van der Waals surface area contributed by atoms with Crippen LogP contribution < -0.4 is 16.0 Å². The number of thioether (sulfide) groups is 1. The molecule has 0 spiro atoms. The third kappa shape index (κ3) is 8.31. The van der Waals surface area contributed by atoms with Crippen molar-refractivity contribution in [3.05, 3.63) is 124 Å². The van der Waals surface area contributed by atoms with Crippen molar-refractivity contribution in [2.24, 2.45) is 0 Å². The number of thiazole rings is 1. The first-order chi connectivity index (χ1) is 21.4. The van der Waals surface area contributed by atoms with Crippen molar-refractivity contribution >= 4 is 69.1 Å². The van der Waals surface area contributed by atoms with E-state index < -0.39 is 5.91 Å². The van der Waals surface area contributed by atoms with Gasteiger partial charge in [0.15, 0.2) is 5.13 Å². The van der Waals surface area contributed by atoms with E-state index in [1.807, 2.05) is 85.3 Å². The molecule has 5 rings (SSSR count). The van der Waals surface area contributed by atoms with Crippen LogP contribution in [0.15, 0.2) is 112 Å². The molecule has 0 aliphatic heterocycles. The van der Waals surface area contributed by atoms with Crippen LogP contribution in [0.4, 0.5) is 10.8 Å². The maximum atomic E-state index is 13.5. The van der Waals surface area contributed by atoms with Crippen molar-refractivity contribution in [3.63, 3.8) is 0 Å². The number of carbonyl (C=O) groups is 3. The van der Waals surface area contributed by atoms with Crippen LogP contribution in [0, 0.1) is 6.92 Å². The summed E-state index contributed by atoms with van der Waals surface area (Å²) in [4.78, 5) is 46.0. The molecule has 0 saturated heterocycles. The fraction of sp³-hybridized carbons (Fsp3) is 0.118. The minimum absolute atomic E-state index is 0.110. The monoisotopic (exact) mass is 638 g/mol. The van der Waals surface area contributed by atoms with Crippen molar-refractivity contribution in [1.82, 2.24) is 10.3 Å². The Morgan fingerprint density at radius 1 is 0.909 bits per heavy atom. The van der Waals surface area contributed by atoms with E-state index in [2.05, 4.69) is 20.9 Å². The van der Waals surface area contributed by atoms with Gasteiger partial charge in [0.25, 0.3) is 11.8 Å². The normalized spacial score (nSPS) is 11.9. The van der Waals surface area contributed by atoms with E-state index in [4.69, 9.17) is 0 Å². The van der Waals surface area contributed by atoms with Gasteiger partial charge in [-0.15, -0.1) is 34.4 Å². The molecule has 0 radical (unpaired) electrons. The first-order valence-electron chi connectivity index (χ1n) is 13.9. The van der Waals surface area contributed by atoms with E-state index >= 15 is 0 Å². The standard InChI is InChI=1S/C34H30N4O3S3/c1-3-29(33(41)38-34-37-28(21-43-34)30-16-9-17-42-30)44-26-15-8-14-25(20-26)35-32(40)27(19-23-11-7-10-22(2)18-23)36-31(39)24-12-5-4-6-13-24/h4-21,29H,3H2,1-2H3,(H,35,40)(H,36,39)(H,37,38,41)/b27-19+. The molecule has 5 aromatic rings. The average Bonchev–Trinajstić information content (AvgIpc) is 3.73. The van der Waals surface area contributed by atoms with Gasteiger partial charge < -0.3 is 16.0 Å². The third-order valence-corrected chi connectivity index (χ3v) is 9.43. The summed E-state index contributed by atoms with van der Waals surface area (Å²) >= 11 is 4.41. The van der Waals surface area contributed by atoms with Gasteiger partial charge in [-0.05, 0) is 66.8 Å². The number of carbonyl (C=O) groups excluding carboxylic acids is 3. The molecule has 7 nitrogen and oxygen atoms in total. The lowest BCUT2D eigenvalue weighted by Crippen LogP contribution is -2.30. The van der Waals surface area contributed by atoms with Gasteiger partial charge >= 0.3 is 0 Å². The average molecular weight is 639 g/mol. The zero-order chi connectivity index (χ0) is 30.9. The molecule has 3 N–H and O–H groups in total. The molecule has 10 heteroatoms. The molecule has 2 heterocycles. The summed E-state index contributed by atoms with van der Waals surface area (Å²) < 4.78 is 0. The summed E-state index contributed by atoms with van der Waals surface area (Å²) in [6, 6.07) is 27.7. The molecule has 3 amide bonds. The summed E-state index contributed by atoms with van der Waals surface area (Å²) in [5.74, 6) is -0.984. The molecule has 0 bridgehead atoms. The Hall–Kier alpha value is -4.51. The number of amides is 3. The van der Waals surface area contributed by atoms with Gasteiger partial charge in [0.2, 0.25) is 5.91 Å².